The Kier molecular flexibility index (Phi) is 7.18. The lowest BCUT2D eigenvalue weighted by Crippen LogP contribution is -2.23. The summed E-state index contributed by atoms with van der Waals surface area (Å²) in [6.45, 7) is 8.08. The van der Waals surface area contributed by atoms with Crippen LogP contribution < -0.4 is 19.6 Å². The molecule has 204 valence electrons. The summed E-state index contributed by atoms with van der Waals surface area (Å²) in [5.41, 5.74) is 3.97. The van der Waals surface area contributed by atoms with Crippen molar-refractivity contribution in [3.05, 3.63) is 118 Å². The van der Waals surface area contributed by atoms with Crippen molar-refractivity contribution in [1.29, 1.82) is 0 Å². The van der Waals surface area contributed by atoms with Crippen LogP contribution in [0.4, 0.5) is 0 Å². The highest BCUT2D eigenvalue weighted by Gasteiger charge is 2.15. The van der Waals surface area contributed by atoms with Gasteiger partial charge in [0, 0.05) is 22.9 Å². The van der Waals surface area contributed by atoms with Gasteiger partial charge in [0.05, 0.1) is 16.3 Å². The molecule has 6 rings (SSSR count). The third kappa shape index (κ3) is 5.53. The molecule has 3 heterocycles. The van der Waals surface area contributed by atoms with E-state index in [0.717, 1.165) is 39.6 Å². The second-order valence-electron chi connectivity index (χ2n) is 9.57. The van der Waals surface area contributed by atoms with Gasteiger partial charge in [0.25, 0.3) is 5.56 Å². The minimum Gasteiger partial charge on any atom is -0.491 e. The number of benzene rings is 3. The molecule has 0 spiro atoms. The molecule has 0 amide bonds. The Hall–Kier alpha value is -5.02. The van der Waals surface area contributed by atoms with Gasteiger partial charge < -0.3 is 9.47 Å². The van der Waals surface area contributed by atoms with Gasteiger partial charge in [-0.15, -0.1) is 5.10 Å². The van der Waals surface area contributed by atoms with E-state index in [1.165, 1.54) is 15.9 Å². The molecule has 0 unspecified atom stereocenters. The summed E-state index contributed by atoms with van der Waals surface area (Å²) in [6.07, 6.45) is 5.56. The van der Waals surface area contributed by atoms with Gasteiger partial charge in [-0.05, 0) is 80.6 Å². The normalized spacial score (nSPS) is 11.8. The monoisotopic (exact) mass is 561 g/mol. The van der Waals surface area contributed by atoms with E-state index >= 15 is 0 Å². The number of nitrogens with zero attached hydrogens (tertiary/aromatic N) is 5. The van der Waals surface area contributed by atoms with Gasteiger partial charge >= 0.3 is 0 Å². The molecule has 0 aliphatic heterocycles. The molecule has 0 atom stereocenters. The number of fused-ring (bicyclic) bond motifs is 1. The first-order valence-electron chi connectivity index (χ1n) is 13.2. The van der Waals surface area contributed by atoms with Crippen LogP contribution in [0.1, 0.15) is 19.4 Å². The summed E-state index contributed by atoms with van der Waals surface area (Å²) < 4.78 is 15.1. The standard InChI is InChI=1S/C32H27N5O3S/c1-4-18-39-26-14-12-23(13-15-26)30-33-32-37(35-30)31(38)28(41-32)19-24-20-36(25-8-6-5-7-9-25)34-29(24)22-10-16-27(17-11-22)40-21(2)3/h4-17,19-21H,1,18H2,2-3H3. The van der Waals surface area contributed by atoms with Crippen LogP contribution in [0.15, 0.2) is 103 Å². The maximum atomic E-state index is 13.4. The Labute approximate surface area is 240 Å². The molecule has 0 aliphatic rings. The average Bonchev–Trinajstić information content (AvgIpc) is 3.68. The first-order chi connectivity index (χ1) is 20.0. The predicted octanol–water partition coefficient (Wildman–Crippen LogP) is 5.57. The zero-order valence-electron chi connectivity index (χ0n) is 22.6. The molecule has 0 bridgehead atoms. The quantitative estimate of drug-likeness (QED) is 0.215. The number of para-hydroxylation sites is 1. The van der Waals surface area contributed by atoms with Crippen LogP contribution in [-0.2, 0) is 0 Å². The fourth-order valence-electron chi connectivity index (χ4n) is 4.35. The van der Waals surface area contributed by atoms with Gasteiger partial charge in [0.1, 0.15) is 23.8 Å². The van der Waals surface area contributed by atoms with Crippen LogP contribution in [0.25, 0.3) is 39.4 Å². The zero-order chi connectivity index (χ0) is 28.3. The lowest BCUT2D eigenvalue weighted by molar-refractivity contribution is 0.242. The van der Waals surface area contributed by atoms with Crippen LogP contribution in [0.2, 0.25) is 0 Å². The number of hydrogen-bond acceptors (Lipinski definition) is 7. The van der Waals surface area contributed by atoms with Gasteiger partial charge in [0.15, 0.2) is 5.82 Å². The molecule has 3 aromatic carbocycles. The largest absolute Gasteiger partial charge is 0.491 e. The summed E-state index contributed by atoms with van der Waals surface area (Å²) in [5.74, 6) is 2.00. The van der Waals surface area contributed by atoms with Crippen molar-refractivity contribution in [2.45, 2.75) is 20.0 Å². The summed E-state index contributed by atoms with van der Waals surface area (Å²) in [6, 6.07) is 25.1. The molecule has 0 N–H and O–H groups in total. The summed E-state index contributed by atoms with van der Waals surface area (Å²) in [5, 5.41) is 9.38. The van der Waals surface area contributed by atoms with E-state index in [4.69, 9.17) is 14.6 Å². The minimum absolute atomic E-state index is 0.0834. The van der Waals surface area contributed by atoms with E-state index in [-0.39, 0.29) is 11.7 Å². The average molecular weight is 562 g/mol. The van der Waals surface area contributed by atoms with Crippen molar-refractivity contribution in [3.63, 3.8) is 0 Å². The third-order valence-corrected chi connectivity index (χ3v) is 7.17. The van der Waals surface area contributed by atoms with E-state index in [9.17, 15) is 4.79 Å². The molecule has 3 aromatic heterocycles. The highest BCUT2D eigenvalue weighted by Crippen LogP contribution is 2.27. The van der Waals surface area contributed by atoms with E-state index in [0.29, 0.717) is 21.9 Å². The molecule has 0 radical (unpaired) electrons. The molecule has 0 aliphatic carbocycles. The lowest BCUT2D eigenvalue weighted by atomic mass is 10.1. The zero-order valence-corrected chi connectivity index (χ0v) is 23.4. The smallest absolute Gasteiger partial charge is 0.291 e. The highest BCUT2D eigenvalue weighted by atomic mass is 32.1. The lowest BCUT2D eigenvalue weighted by Gasteiger charge is -2.09. The SMILES string of the molecule is C=CCOc1ccc(-c2nc3sc(=Cc4cn(-c5ccccc5)nc4-c4ccc(OC(C)C)cc4)c(=O)n3n2)cc1. The van der Waals surface area contributed by atoms with E-state index in [1.807, 2.05) is 110 Å². The Bertz CT molecular complexity index is 1920. The van der Waals surface area contributed by atoms with Crippen LogP contribution in [0.5, 0.6) is 11.5 Å². The second kappa shape index (κ2) is 11.2. The highest BCUT2D eigenvalue weighted by molar-refractivity contribution is 7.15. The summed E-state index contributed by atoms with van der Waals surface area (Å²) in [7, 11) is 0. The third-order valence-electron chi connectivity index (χ3n) is 6.21. The van der Waals surface area contributed by atoms with Crippen LogP contribution in [0.3, 0.4) is 0 Å². The van der Waals surface area contributed by atoms with Crippen molar-refractivity contribution in [2.24, 2.45) is 0 Å². The van der Waals surface area contributed by atoms with Gasteiger partial charge in [-0.25, -0.2) is 4.68 Å². The van der Waals surface area contributed by atoms with Crippen LogP contribution >= 0.6 is 11.3 Å². The topological polar surface area (TPSA) is 83.5 Å². The van der Waals surface area contributed by atoms with Crippen molar-refractivity contribution < 1.29 is 9.47 Å². The Morgan fingerprint density at radius 3 is 2.32 bits per heavy atom. The molecule has 41 heavy (non-hydrogen) atoms. The number of ether oxygens (including phenoxy) is 2. The van der Waals surface area contributed by atoms with Crippen molar-refractivity contribution >= 4 is 22.4 Å². The number of aromatic nitrogens is 5. The molecule has 6 aromatic rings. The van der Waals surface area contributed by atoms with E-state index in [1.54, 1.807) is 6.08 Å². The second-order valence-corrected chi connectivity index (χ2v) is 10.6. The van der Waals surface area contributed by atoms with Crippen molar-refractivity contribution in [3.8, 4) is 39.8 Å². The first-order valence-corrected chi connectivity index (χ1v) is 14.0. The Morgan fingerprint density at radius 2 is 1.63 bits per heavy atom. The van der Waals surface area contributed by atoms with Gasteiger partial charge in [-0.2, -0.15) is 14.6 Å². The molecule has 8 nitrogen and oxygen atoms in total. The number of rotatable bonds is 9. The number of hydrogen-bond donors (Lipinski definition) is 0. The van der Waals surface area contributed by atoms with Gasteiger partial charge in [-0.1, -0.05) is 42.2 Å². The molecule has 0 saturated heterocycles. The van der Waals surface area contributed by atoms with Crippen molar-refractivity contribution in [2.75, 3.05) is 6.61 Å². The minimum atomic E-state index is -0.228. The predicted molar refractivity (Wildman–Crippen MR) is 162 cm³/mol. The Balaban J connectivity index is 1.38. The molecule has 9 heteroatoms. The summed E-state index contributed by atoms with van der Waals surface area (Å²) in [4.78, 5) is 18.5. The van der Waals surface area contributed by atoms with E-state index < -0.39 is 0 Å². The maximum absolute atomic E-state index is 13.4. The van der Waals surface area contributed by atoms with Gasteiger partial charge in [0.2, 0.25) is 4.96 Å². The fraction of sp³-hybridized carbons (Fsp3) is 0.125. The maximum Gasteiger partial charge on any atom is 0.291 e. The number of thiazole rings is 1. The van der Waals surface area contributed by atoms with E-state index in [2.05, 4.69) is 16.7 Å². The molecular weight excluding hydrogens is 534 g/mol. The van der Waals surface area contributed by atoms with Crippen LogP contribution in [-0.4, -0.2) is 37.1 Å². The van der Waals surface area contributed by atoms with Crippen molar-refractivity contribution in [1.82, 2.24) is 24.4 Å². The Morgan fingerprint density at radius 1 is 0.927 bits per heavy atom. The molecule has 0 fully saturated rings. The van der Waals surface area contributed by atoms with Gasteiger partial charge in [-0.3, -0.25) is 4.79 Å². The van der Waals surface area contributed by atoms with Crippen LogP contribution in [0, 0.1) is 0 Å². The fourth-order valence-corrected chi connectivity index (χ4v) is 5.25. The molecular formula is C32H27N5O3S. The first kappa shape index (κ1) is 26.2. The molecule has 0 saturated carbocycles. The summed E-state index contributed by atoms with van der Waals surface area (Å²) >= 11 is 1.30.